The van der Waals surface area contributed by atoms with Gasteiger partial charge in [-0.05, 0) is 188 Å². The number of nitrogens with zero attached hydrogens (tertiary/aromatic N) is 5. The molecule has 16 aromatic carbocycles. The van der Waals surface area contributed by atoms with Gasteiger partial charge in [0.15, 0.2) is 0 Å². The molecule has 0 atom stereocenters. The number of fused-ring (bicyclic) bond motifs is 24. The van der Waals surface area contributed by atoms with Gasteiger partial charge in [0.05, 0.1) is 44.8 Å². The molecule has 8 heterocycles. The summed E-state index contributed by atoms with van der Waals surface area (Å²) in [5.41, 5.74) is 34.5. The van der Waals surface area contributed by atoms with Crippen LogP contribution in [0.3, 0.4) is 0 Å². The Morgan fingerprint density at radius 2 is 0.533 bits per heavy atom. The Morgan fingerprint density at radius 1 is 0.208 bits per heavy atom. The van der Waals surface area contributed by atoms with Crippen molar-refractivity contribution in [2.45, 2.75) is 38.5 Å². The fraction of sp³-hybridized carbons (Fsp3) is 0.0541. The second-order valence-corrected chi connectivity index (χ2v) is 33.2. The van der Waals surface area contributed by atoms with Gasteiger partial charge < -0.3 is 22.2 Å². The summed E-state index contributed by atoms with van der Waals surface area (Å²) in [6, 6.07) is 127. The molecule has 120 heavy (non-hydrogen) atoms. The van der Waals surface area contributed by atoms with E-state index in [2.05, 4.69) is 334 Å². The first kappa shape index (κ1) is 67.8. The van der Waals surface area contributed by atoms with Crippen molar-refractivity contribution in [2.24, 2.45) is 0 Å². The maximum Gasteiger partial charge on any atom is 0.235 e. The summed E-state index contributed by atoms with van der Waals surface area (Å²) >= 11 is 0. The van der Waals surface area contributed by atoms with E-state index >= 15 is 0 Å². The third-order valence-corrected chi connectivity index (χ3v) is 25.8. The van der Waals surface area contributed by atoms with Crippen molar-refractivity contribution in [1.82, 2.24) is 24.1 Å². The Morgan fingerprint density at radius 3 is 0.967 bits per heavy atom. The Labute approximate surface area is 688 Å². The number of pyridine rings is 1. The van der Waals surface area contributed by atoms with Gasteiger partial charge in [-0.25, -0.2) is 15.0 Å². The molecule has 9 heteroatoms. The van der Waals surface area contributed by atoms with Crippen LogP contribution in [0, 0.1) is 0 Å². The fourth-order valence-electron chi connectivity index (χ4n) is 20.3. The van der Waals surface area contributed by atoms with E-state index in [9.17, 15) is 0 Å². The molecule has 564 valence electrons. The molecule has 0 saturated carbocycles. The maximum atomic E-state index is 6.45. The van der Waals surface area contributed by atoms with E-state index in [1.165, 1.54) is 77.1 Å². The lowest BCUT2D eigenvalue weighted by molar-refractivity contribution is 0.661. The molecule has 2 aliphatic carbocycles. The zero-order valence-corrected chi connectivity index (χ0v) is 65.9. The number of hydrogen-bond acceptors (Lipinski definition) is 7. The van der Waals surface area contributed by atoms with E-state index in [0.29, 0.717) is 5.95 Å². The van der Waals surface area contributed by atoms with Gasteiger partial charge in [-0.2, -0.15) is 0 Å². The second kappa shape index (κ2) is 25.5. The molecule has 9 nitrogen and oxygen atoms in total. The van der Waals surface area contributed by atoms with Crippen molar-refractivity contribution in [3.05, 3.63) is 380 Å². The molecule has 26 rings (SSSR count). The quantitative estimate of drug-likeness (QED) is 0.149. The van der Waals surface area contributed by atoms with E-state index in [4.69, 9.17) is 32.6 Å². The van der Waals surface area contributed by atoms with Gasteiger partial charge in [0.1, 0.15) is 44.7 Å². The normalized spacial score (nSPS) is 13.3. The van der Waals surface area contributed by atoms with E-state index in [-0.39, 0.29) is 10.8 Å². The highest BCUT2D eigenvalue weighted by molar-refractivity contribution is 6.18. The standard InChI is InChI=1S/C62H40N2O2.C49H31N3O2/c1-62(2)50-24-10-6-18-42(50)48-35-49-43-19-7-11-25-54(43)64(55(49)36-51(48)62)41-31-38(37-16-4-3-5-17-37)30-39(32-41)40-33-52(44-22-14-28-58-60(44)46-20-8-12-26-56(46)65-58)63-53(34-40)45-23-15-29-59-61(45)47-21-9-13-27-57(47)66-59;1-49(2)36-19-7-3-13-28(36)34-25-35-29-14-4-8-20-40(29)52(41(35)26-37(34)49)48-50-38(30-17-11-23-44-46(30)32-15-5-9-21-42(32)53-44)27-39(51-48)31-18-12-24-45-47(31)33-16-6-10-22-43(33)54-45/h3-36H,1-2H3;3-27H,1-2H3. The zero-order chi connectivity index (χ0) is 79.4. The molecule has 2 aliphatic rings. The lowest BCUT2D eigenvalue weighted by atomic mass is 9.82. The van der Waals surface area contributed by atoms with Crippen molar-refractivity contribution in [3.63, 3.8) is 0 Å². The summed E-state index contributed by atoms with van der Waals surface area (Å²) in [5.74, 6) is 0.608. The third-order valence-electron chi connectivity index (χ3n) is 25.8. The maximum absolute atomic E-state index is 6.45. The highest BCUT2D eigenvalue weighted by Gasteiger charge is 2.39. The Balaban J connectivity index is 0.000000136. The van der Waals surface area contributed by atoms with E-state index in [1.807, 2.05) is 60.7 Å². The van der Waals surface area contributed by atoms with Crippen LogP contribution in [0.15, 0.2) is 376 Å². The van der Waals surface area contributed by atoms with Crippen LogP contribution >= 0.6 is 0 Å². The van der Waals surface area contributed by atoms with Gasteiger partial charge in [0.2, 0.25) is 5.95 Å². The topological polar surface area (TPSA) is 101 Å². The molecule has 0 aliphatic heterocycles. The average molecular weight is 1540 g/mol. The first-order valence-electron chi connectivity index (χ1n) is 41.1. The van der Waals surface area contributed by atoms with Gasteiger partial charge in [-0.1, -0.05) is 264 Å². The van der Waals surface area contributed by atoms with Crippen molar-refractivity contribution >= 4 is 131 Å². The molecular formula is C111H71N5O4. The van der Waals surface area contributed by atoms with Crippen LogP contribution in [0.1, 0.15) is 49.9 Å². The summed E-state index contributed by atoms with van der Waals surface area (Å²) in [5, 5.41) is 13.3. The lowest BCUT2D eigenvalue weighted by Crippen LogP contribution is -2.15. The highest BCUT2D eigenvalue weighted by Crippen LogP contribution is 2.55. The summed E-state index contributed by atoms with van der Waals surface area (Å²) in [7, 11) is 0. The van der Waals surface area contributed by atoms with Crippen LogP contribution in [-0.2, 0) is 10.8 Å². The predicted octanol–water partition coefficient (Wildman–Crippen LogP) is 30.0. The van der Waals surface area contributed by atoms with Gasteiger partial charge in [0.25, 0.3) is 0 Å². The molecule has 0 saturated heterocycles. The van der Waals surface area contributed by atoms with Crippen molar-refractivity contribution in [1.29, 1.82) is 0 Å². The molecule has 0 fully saturated rings. The number of benzene rings is 16. The van der Waals surface area contributed by atoms with Crippen molar-refractivity contribution in [2.75, 3.05) is 0 Å². The van der Waals surface area contributed by atoms with Crippen molar-refractivity contribution < 1.29 is 17.7 Å². The zero-order valence-electron chi connectivity index (χ0n) is 65.9. The van der Waals surface area contributed by atoms with Crippen molar-refractivity contribution in [3.8, 4) is 101 Å². The van der Waals surface area contributed by atoms with Gasteiger partial charge in [-0.15, -0.1) is 0 Å². The van der Waals surface area contributed by atoms with Gasteiger partial charge in [0, 0.05) is 103 Å². The highest BCUT2D eigenvalue weighted by atomic mass is 16.3. The molecule has 0 unspecified atom stereocenters. The van der Waals surface area contributed by atoms with Crippen LogP contribution in [-0.4, -0.2) is 24.1 Å². The number of furan rings is 4. The van der Waals surface area contributed by atoms with Crippen LogP contribution < -0.4 is 0 Å². The van der Waals surface area contributed by atoms with Gasteiger partial charge in [-0.3, -0.25) is 4.57 Å². The van der Waals surface area contributed by atoms with E-state index in [0.717, 1.165) is 172 Å². The largest absolute Gasteiger partial charge is 0.456 e. The number of para-hydroxylation sites is 6. The van der Waals surface area contributed by atoms with Crippen LogP contribution in [0.2, 0.25) is 0 Å². The number of aromatic nitrogens is 5. The smallest absolute Gasteiger partial charge is 0.235 e. The van der Waals surface area contributed by atoms with Crippen LogP contribution in [0.4, 0.5) is 0 Å². The Kier molecular flexibility index (Phi) is 14.4. The molecule has 0 N–H and O–H groups in total. The molecular weight excluding hydrogens is 1470 g/mol. The molecule has 0 spiro atoms. The molecule has 0 radical (unpaired) electrons. The SMILES string of the molecule is CC1(C)c2ccccc2-c2cc3c4ccccc4n(-c4cc(-c5ccccc5)cc(-c5cc(-c6cccc7oc8ccccc8c67)nc(-c6cccc7oc8ccccc8c67)c5)c4)c3cc21.CC1(C)c2ccccc2-c2cc3c4ccccc4n(-c4nc(-c5cccc6oc7ccccc7c56)cc(-c5cccc6oc7ccccc7c56)n4)c3cc21. The summed E-state index contributed by atoms with van der Waals surface area (Å²) < 4.78 is 30.4. The summed E-state index contributed by atoms with van der Waals surface area (Å²) in [6.45, 7) is 9.39. The minimum Gasteiger partial charge on any atom is -0.456 e. The summed E-state index contributed by atoms with van der Waals surface area (Å²) in [6.07, 6.45) is 0. The minimum absolute atomic E-state index is 0.144. The fourth-order valence-corrected chi connectivity index (χ4v) is 20.3. The second-order valence-electron chi connectivity index (χ2n) is 33.2. The number of rotatable bonds is 8. The first-order valence-corrected chi connectivity index (χ1v) is 41.1. The van der Waals surface area contributed by atoms with Crippen LogP contribution in [0.25, 0.3) is 233 Å². The molecule has 0 bridgehead atoms. The predicted molar refractivity (Wildman–Crippen MR) is 492 cm³/mol. The Bertz CT molecular complexity index is 8240. The van der Waals surface area contributed by atoms with E-state index in [1.54, 1.807) is 0 Å². The van der Waals surface area contributed by atoms with Crippen LogP contribution in [0.5, 0.6) is 0 Å². The third kappa shape index (κ3) is 10.0. The molecule has 24 aromatic rings. The number of hydrogen-bond donors (Lipinski definition) is 0. The monoisotopic (exact) mass is 1540 g/mol. The first-order chi connectivity index (χ1) is 59.0. The lowest BCUT2D eigenvalue weighted by Gasteiger charge is -2.22. The van der Waals surface area contributed by atoms with E-state index < -0.39 is 0 Å². The molecule has 0 amide bonds. The molecule has 8 aromatic heterocycles. The average Bonchev–Trinajstić information content (AvgIpc) is 1.55. The Hall–Kier alpha value is -15.5. The minimum atomic E-state index is -0.161. The summed E-state index contributed by atoms with van der Waals surface area (Å²) in [4.78, 5) is 16.6. The van der Waals surface area contributed by atoms with Gasteiger partial charge >= 0.3 is 0 Å².